The molecule has 16 heavy (non-hydrogen) atoms. The van der Waals surface area contributed by atoms with E-state index in [1.807, 2.05) is 31.2 Å². The lowest BCUT2D eigenvalue weighted by Crippen LogP contribution is -2.46. The average molecular weight is 221 g/mol. The molecule has 1 saturated heterocycles. The lowest BCUT2D eigenvalue weighted by molar-refractivity contribution is 0.0449. The summed E-state index contributed by atoms with van der Waals surface area (Å²) in [6.07, 6.45) is 1.90. The molecule has 0 radical (unpaired) electrons. The van der Waals surface area contributed by atoms with E-state index in [0.717, 1.165) is 30.6 Å². The number of aliphatic hydroxyl groups excluding tert-OH is 1. The van der Waals surface area contributed by atoms with Gasteiger partial charge in [-0.05, 0) is 37.5 Å². The van der Waals surface area contributed by atoms with Crippen LogP contribution in [0.5, 0.6) is 0 Å². The normalized spacial score (nSPS) is 25.8. The summed E-state index contributed by atoms with van der Waals surface area (Å²) in [4.78, 5) is 2.20. The van der Waals surface area contributed by atoms with E-state index in [0.29, 0.717) is 6.54 Å². The maximum absolute atomic E-state index is 10.0. The minimum atomic E-state index is -0.575. The van der Waals surface area contributed by atoms with E-state index in [2.05, 4.69) is 4.90 Å². The van der Waals surface area contributed by atoms with E-state index >= 15 is 0 Å². The van der Waals surface area contributed by atoms with Crippen LogP contribution in [0, 0.1) is 0 Å². The highest BCUT2D eigenvalue weighted by Gasteiger charge is 2.28. The zero-order valence-corrected chi connectivity index (χ0v) is 9.69. The van der Waals surface area contributed by atoms with Crippen LogP contribution in [0.25, 0.3) is 0 Å². The third-order valence-corrected chi connectivity index (χ3v) is 3.16. The quantitative estimate of drug-likeness (QED) is 0.796. The molecule has 1 fully saturated rings. The molecule has 0 saturated carbocycles. The molecule has 0 aliphatic carbocycles. The molecule has 0 aromatic heterocycles. The molecule has 3 nitrogen and oxygen atoms in total. The topological polar surface area (TPSA) is 43.7 Å². The minimum Gasteiger partial charge on any atom is -0.392 e. The van der Waals surface area contributed by atoms with Gasteiger partial charge in [0.05, 0.1) is 12.2 Å². The first-order chi connectivity index (χ1) is 7.61. The second kappa shape index (κ2) is 4.44. The van der Waals surface area contributed by atoms with Crippen molar-refractivity contribution in [3.8, 4) is 0 Å². The Bertz CT molecular complexity index is 345. The van der Waals surface area contributed by atoms with Gasteiger partial charge in [0.25, 0.3) is 0 Å². The Labute approximate surface area is 96.3 Å². The molecule has 88 valence electrons. The van der Waals surface area contributed by atoms with Gasteiger partial charge in [-0.15, -0.1) is 0 Å². The number of hydrogen-bond acceptors (Lipinski definition) is 3. The molecule has 1 aliphatic rings. The van der Waals surface area contributed by atoms with Gasteiger partial charge in [-0.25, -0.2) is 0 Å². The van der Waals surface area contributed by atoms with Gasteiger partial charge in [0.2, 0.25) is 0 Å². The van der Waals surface area contributed by atoms with Gasteiger partial charge in [0, 0.05) is 18.8 Å². The van der Waals surface area contributed by atoms with Crippen LogP contribution in [0.2, 0.25) is 0 Å². The molecule has 3 heteroatoms. The Kier molecular flexibility index (Phi) is 3.17. The Morgan fingerprint density at radius 1 is 1.31 bits per heavy atom. The van der Waals surface area contributed by atoms with Crippen LogP contribution in [0.4, 0.5) is 5.69 Å². The Hall–Kier alpha value is -1.06. The van der Waals surface area contributed by atoms with Gasteiger partial charge in [0.1, 0.15) is 0 Å². The summed E-state index contributed by atoms with van der Waals surface area (Å²) >= 11 is 0. The number of β-amino-alcohol motifs (C(OH)–C–C–N with tert-alkyl or cyclic N) is 1. The van der Waals surface area contributed by atoms with Crippen molar-refractivity contribution in [1.29, 1.82) is 0 Å². The van der Waals surface area contributed by atoms with E-state index in [4.69, 9.17) is 5.11 Å². The fourth-order valence-corrected chi connectivity index (χ4v) is 2.25. The van der Waals surface area contributed by atoms with E-state index in [1.165, 1.54) is 0 Å². The van der Waals surface area contributed by atoms with Gasteiger partial charge < -0.3 is 15.1 Å². The van der Waals surface area contributed by atoms with Crippen molar-refractivity contribution < 1.29 is 10.2 Å². The van der Waals surface area contributed by atoms with Crippen LogP contribution >= 0.6 is 0 Å². The van der Waals surface area contributed by atoms with Gasteiger partial charge >= 0.3 is 0 Å². The van der Waals surface area contributed by atoms with Crippen LogP contribution in [0.3, 0.4) is 0 Å². The maximum atomic E-state index is 10.0. The highest BCUT2D eigenvalue weighted by atomic mass is 16.3. The number of hydrogen-bond donors (Lipinski definition) is 2. The summed E-state index contributed by atoms with van der Waals surface area (Å²) in [6.45, 7) is 3.65. The van der Waals surface area contributed by atoms with Crippen molar-refractivity contribution in [2.24, 2.45) is 0 Å². The second-order valence-corrected chi connectivity index (χ2v) is 4.85. The van der Waals surface area contributed by atoms with E-state index < -0.39 is 5.60 Å². The van der Waals surface area contributed by atoms with Crippen molar-refractivity contribution in [2.45, 2.75) is 32.0 Å². The number of rotatable bonds is 2. The van der Waals surface area contributed by atoms with Crippen molar-refractivity contribution in [1.82, 2.24) is 0 Å². The lowest BCUT2D eigenvalue weighted by Gasteiger charge is -2.38. The van der Waals surface area contributed by atoms with Crippen molar-refractivity contribution in [2.75, 3.05) is 18.0 Å². The average Bonchev–Trinajstić information content (AvgIpc) is 2.28. The minimum absolute atomic E-state index is 0.0813. The zero-order chi connectivity index (χ0) is 11.6. The third kappa shape index (κ3) is 2.54. The highest BCUT2D eigenvalue weighted by Crippen LogP contribution is 2.25. The first-order valence-electron chi connectivity index (χ1n) is 5.78. The molecular weight excluding hydrogens is 202 g/mol. The molecule has 0 amide bonds. The van der Waals surface area contributed by atoms with Crippen molar-refractivity contribution >= 4 is 5.69 Å². The molecule has 1 aliphatic heterocycles. The highest BCUT2D eigenvalue weighted by molar-refractivity contribution is 5.48. The van der Waals surface area contributed by atoms with Crippen LogP contribution in [0.1, 0.15) is 25.3 Å². The van der Waals surface area contributed by atoms with Crippen LogP contribution in [-0.4, -0.2) is 28.9 Å². The molecule has 1 heterocycles. The molecular formula is C13H19NO2. The molecule has 2 N–H and O–H groups in total. The summed E-state index contributed by atoms with van der Waals surface area (Å²) in [6, 6.07) is 7.87. The summed E-state index contributed by atoms with van der Waals surface area (Å²) in [7, 11) is 0. The number of anilines is 1. The van der Waals surface area contributed by atoms with Gasteiger partial charge in [0.15, 0.2) is 0 Å². The molecule has 1 aromatic rings. The summed E-state index contributed by atoms with van der Waals surface area (Å²) < 4.78 is 0. The first-order valence-corrected chi connectivity index (χ1v) is 5.78. The largest absolute Gasteiger partial charge is 0.392 e. The molecule has 0 bridgehead atoms. The summed E-state index contributed by atoms with van der Waals surface area (Å²) in [5, 5.41) is 19.0. The second-order valence-electron chi connectivity index (χ2n) is 4.85. The van der Waals surface area contributed by atoms with Crippen LogP contribution in [-0.2, 0) is 6.61 Å². The fraction of sp³-hybridized carbons (Fsp3) is 0.538. The number of aliphatic hydroxyl groups is 2. The number of piperidine rings is 1. The molecule has 1 atom stereocenters. The summed E-state index contributed by atoms with van der Waals surface area (Å²) in [5.41, 5.74) is 1.47. The Balaban J connectivity index is 2.11. The smallest absolute Gasteiger partial charge is 0.0794 e. The molecule has 0 spiro atoms. The van der Waals surface area contributed by atoms with Crippen molar-refractivity contribution in [3.05, 3.63) is 29.8 Å². The molecule has 1 unspecified atom stereocenters. The maximum Gasteiger partial charge on any atom is 0.0794 e. The predicted molar refractivity (Wildman–Crippen MR) is 64.4 cm³/mol. The standard InChI is InChI=1S/C13H19NO2/c1-13(16)7-2-8-14(10-13)12-5-3-11(9-15)4-6-12/h3-6,15-16H,2,7-10H2,1H3. The Morgan fingerprint density at radius 2 is 2.00 bits per heavy atom. The number of benzene rings is 1. The van der Waals surface area contributed by atoms with Gasteiger partial charge in [-0.2, -0.15) is 0 Å². The predicted octanol–water partition coefficient (Wildman–Crippen LogP) is 1.53. The van der Waals surface area contributed by atoms with E-state index in [1.54, 1.807) is 0 Å². The van der Waals surface area contributed by atoms with Crippen LogP contribution < -0.4 is 4.90 Å². The van der Waals surface area contributed by atoms with Crippen LogP contribution in [0.15, 0.2) is 24.3 Å². The monoisotopic (exact) mass is 221 g/mol. The molecule has 1 aromatic carbocycles. The SMILES string of the molecule is CC1(O)CCCN(c2ccc(CO)cc2)C1. The van der Waals surface area contributed by atoms with Gasteiger partial charge in [-0.1, -0.05) is 12.1 Å². The fourth-order valence-electron chi connectivity index (χ4n) is 2.25. The third-order valence-electron chi connectivity index (χ3n) is 3.16. The number of nitrogens with zero attached hydrogens (tertiary/aromatic N) is 1. The summed E-state index contributed by atoms with van der Waals surface area (Å²) in [5.74, 6) is 0. The zero-order valence-electron chi connectivity index (χ0n) is 9.69. The molecule has 2 rings (SSSR count). The first kappa shape index (κ1) is 11.4. The Morgan fingerprint density at radius 3 is 2.56 bits per heavy atom. The van der Waals surface area contributed by atoms with Gasteiger partial charge in [-0.3, -0.25) is 0 Å². The van der Waals surface area contributed by atoms with Crippen molar-refractivity contribution in [3.63, 3.8) is 0 Å². The van der Waals surface area contributed by atoms with E-state index in [-0.39, 0.29) is 6.61 Å². The van der Waals surface area contributed by atoms with E-state index in [9.17, 15) is 5.11 Å². The lowest BCUT2D eigenvalue weighted by atomic mass is 9.95.